The standard InChI is InChI=1S/C53H37N5/c1-53(2)47-40(41-24-14-28-46(48(41)53)58-45-27-12-11-21-39(45)43-26-15-33-54-52(43)58)23-13-25-44(47)51-56-49(37-31-29-35(30-32-37)34-16-5-3-6-17-34)55-50(57-51)42-22-10-9-20-38(42)36-18-7-4-8-19-36/h3-33H,1-2H3. The van der Waals surface area contributed by atoms with Gasteiger partial charge in [0.05, 0.1) is 11.2 Å². The number of benzene rings is 7. The van der Waals surface area contributed by atoms with E-state index in [-0.39, 0.29) is 0 Å². The van der Waals surface area contributed by atoms with Gasteiger partial charge in [-0.05, 0) is 68.8 Å². The van der Waals surface area contributed by atoms with Gasteiger partial charge in [0.1, 0.15) is 5.65 Å². The third kappa shape index (κ3) is 5.31. The molecule has 1 aliphatic rings. The van der Waals surface area contributed by atoms with Crippen LogP contribution in [0.2, 0.25) is 0 Å². The van der Waals surface area contributed by atoms with Gasteiger partial charge in [-0.25, -0.2) is 19.9 Å². The van der Waals surface area contributed by atoms with Gasteiger partial charge >= 0.3 is 0 Å². The molecule has 11 rings (SSSR count). The van der Waals surface area contributed by atoms with Crippen LogP contribution in [0.25, 0.3) is 95.2 Å². The van der Waals surface area contributed by atoms with Crippen molar-refractivity contribution in [1.82, 2.24) is 24.5 Å². The molecule has 7 aromatic carbocycles. The molecule has 3 aromatic heterocycles. The van der Waals surface area contributed by atoms with E-state index in [2.05, 4.69) is 182 Å². The number of pyridine rings is 1. The molecular formula is C53H37N5. The van der Waals surface area contributed by atoms with Crippen molar-refractivity contribution in [2.75, 3.05) is 0 Å². The van der Waals surface area contributed by atoms with Gasteiger partial charge in [-0.2, -0.15) is 0 Å². The third-order valence-electron chi connectivity index (χ3n) is 11.7. The molecule has 1 aliphatic carbocycles. The Kier molecular flexibility index (Phi) is 7.76. The number of nitrogens with zero attached hydrogens (tertiary/aromatic N) is 5. The van der Waals surface area contributed by atoms with Gasteiger partial charge < -0.3 is 0 Å². The average molecular weight is 744 g/mol. The molecule has 0 radical (unpaired) electrons. The first-order chi connectivity index (χ1) is 28.5. The molecule has 0 bridgehead atoms. The smallest absolute Gasteiger partial charge is 0.164 e. The summed E-state index contributed by atoms with van der Waals surface area (Å²) in [6, 6.07) is 63.9. The molecule has 5 nitrogen and oxygen atoms in total. The fraction of sp³-hybridized carbons (Fsp3) is 0.0566. The van der Waals surface area contributed by atoms with Crippen molar-refractivity contribution in [3.63, 3.8) is 0 Å². The Balaban J connectivity index is 1.12. The maximum Gasteiger partial charge on any atom is 0.164 e. The van der Waals surface area contributed by atoms with Crippen molar-refractivity contribution >= 4 is 21.9 Å². The van der Waals surface area contributed by atoms with E-state index in [1.165, 1.54) is 33.2 Å². The highest BCUT2D eigenvalue weighted by Gasteiger charge is 2.41. The van der Waals surface area contributed by atoms with Crippen LogP contribution in [0, 0.1) is 0 Å². The van der Waals surface area contributed by atoms with Crippen LogP contribution in [0.1, 0.15) is 25.0 Å². The maximum atomic E-state index is 5.37. The van der Waals surface area contributed by atoms with Gasteiger partial charge in [-0.15, -0.1) is 0 Å². The summed E-state index contributed by atoms with van der Waals surface area (Å²) in [5.41, 5.74) is 15.0. The lowest BCUT2D eigenvalue weighted by molar-refractivity contribution is 0.657. The van der Waals surface area contributed by atoms with Crippen LogP contribution in [0.15, 0.2) is 188 Å². The minimum atomic E-state index is -0.420. The highest BCUT2D eigenvalue weighted by Crippen LogP contribution is 2.54. The molecule has 3 heterocycles. The van der Waals surface area contributed by atoms with E-state index in [1.807, 2.05) is 24.4 Å². The predicted molar refractivity (Wildman–Crippen MR) is 237 cm³/mol. The molecule has 0 saturated carbocycles. The van der Waals surface area contributed by atoms with Gasteiger partial charge in [0, 0.05) is 39.1 Å². The van der Waals surface area contributed by atoms with Gasteiger partial charge in [-0.3, -0.25) is 4.57 Å². The molecule has 0 amide bonds. The number of aromatic nitrogens is 5. The van der Waals surface area contributed by atoms with Crippen LogP contribution in [0.4, 0.5) is 0 Å². The van der Waals surface area contributed by atoms with Crippen molar-refractivity contribution in [2.24, 2.45) is 0 Å². The van der Waals surface area contributed by atoms with Crippen molar-refractivity contribution in [3.05, 3.63) is 199 Å². The Morgan fingerprint density at radius 1 is 0.379 bits per heavy atom. The number of para-hydroxylation sites is 1. The zero-order chi connectivity index (χ0) is 38.8. The van der Waals surface area contributed by atoms with Gasteiger partial charge in [-0.1, -0.05) is 172 Å². The number of hydrogen-bond donors (Lipinski definition) is 0. The van der Waals surface area contributed by atoms with Crippen LogP contribution in [0.5, 0.6) is 0 Å². The van der Waals surface area contributed by atoms with E-state index in [0.29, 0.717) is 17.5 Å². The maximum absolute atomic E-state index is 5.37. The molecule has 274 valence electrons. The SMILES string of the molecule is CC1(C)c2c(-c3nc(-c4ccc(-c5ccccc5)cc4)nc(-c4ccccc4-c4ccccc4)n3)cccc2-c2cccc(-n3c4ccccc4c4cccnc43)c21. The lowest BCUT2D eigenvalue weighted by Crippen LogP contribution is -2.19. The van der Waals surface area contributed by atoms with E-state index in [0.717, 1.165) is 55.6 Å². The highest BCUT2D eigenvalue weighted by atomic mass is 15.1. The second-order valence-electron chi connectivity index (χ2n) is 15.4. The first kappa shape index (κ1) is 33.8. The van der Waals surface area contributed by atoms with Crippen LogP contribution in [0.3, 0.4) is 0 Å². The minimum absolute atomic E-state index is 0.420. The Morgan fingerprint density at radius 2 is 0.914 bits per heavy atom. The Hall–Kier alpha value is -7.50. The van der Waals surface area contributed by atoms with Gasteiger partial charge in [0.2, 0.25) is 0 Å². The monoisotopic (exact) mass is 743 g/mol. The predicted octanol–water partition coefficient (Wildman–Crippen LogP) is 13.0. The zero-order valence-corrected chi connectivity index (χ0v) is 32.1. The lowest BCUT2D eigenvalue weighted by Gasteiger charge is -2.27. The van der Waals surface area contributed by atoms with Crippen molar-refractivity contribution in [1.29, 1.82) is 0 Å². The summed E-state index contributed by atoms with van der Waals surface area (Å²) in [4.78, 5) is 20.9. The summed E-state index contributed by atoms with van der Waals surface area (Å²) in [6.45, 7) is 4.67. The van der Waals surface area contributed by atoms with Crippen LogP contribution in [-0.4, -0.2) is 24.5 Å². The summed E-state index contributed by atoms with van der Waals surface area (Å²) in [7, 11) is 0. The van der Waals surface area contributed by atoms with Gasteiger partial charge in [0.25, 0.3) is 0 Å². The second kappa shape index (κ2) is 13.3. The number of hydrogen-bond acceptors (Lipinski definition) is 4. The number of rotatable bonds is 6. The summed E-state index contributed by atoms with van der Waals surface area (Å²) < 4.78 is 2.34. The van der Waals surface area contributed by atoms with Crippen LogP contribution >= 0.6 is 0 Å². The van der Waals surface area contributed by atoms with Crippen LogP contribution in [-0.2, 0) is 5.41 Å². The largest absolute Gasteiger partial charge is 0.294 e. The molecule has 58 heavy (non-hydrogen) atoms. The first-order valence-corrected chi connectivity index (χ1v) is 19.7. The fourth-order valence-electron chi connectivity index (χ4n) is 9.14. The fourth-order valence-corrected chi connectivity index (χ4v) is 9.14. The van der Waals surface area contributed by atoms with E-state index in [1.54, 1.807) is 0 Å². The summed E-state index contributed by atoms with van der Waals surface area (Å²) in [5, 5.41) is 2.33. The van der Waals surface area contributed by atoms with Crippen molar-refractivity contribution < 1.29 is 0 Å². The Morgan fingerprint density at radius 3 is 1.69 bits per heavy atom. The van der Waals surface area contributed by atoms with E-state index in [4.69, 9.17) is 19.9 Å². The topological polar surface area (TPSA) is 56.5 Å². The molecule has 0 fully saturated rings. The van der Waals surface area contributed by atoms with Gasteiger partial charge in [0.15, 0.2) is 17.5 Å². The molecule has 0 saturated heterocycles. The lowest BCUT2D eigenvalue weighted by atomic mass is 9.79. The van der Waals surface area contributed by atoms with E-state index < -0.39 is 5.41 Å². The van der Waals surface area contributed by atoms with Crippen molar-refractivity contribution in [3.8, 4) is 73.2 Å². The quantitative estimate of drug-likeness (QED) is 0.170. The molecule has 0 spiro atoms. The highest BCUT2D eigenvalue weighted by molar-refractivity contribution is 6.08. The molecule has 5 heteroatoms. The van der Waals surface area contributed by atoms with E-state index in [9.17, 15) is 0 Å². The zero-order valence-electron chi connectivity index (χ0n) is 32.1. The van der Waals surface area contributed by atoms with Crippen molar-refractivity contribution in [2.45, 2.75) is 19.3 Å². The normalized spacial score (nSPS) is 12.8. The molecular weight excluding hydrogens is 707 g/mol. The average Bonchev–Trinajstić information content (AvgIpc) is 3.75. The molecule has 0 unspecified atom stereocenters. The molecule has 0 aliphatic heterocycles. The van der Waals surface area contributed by atoms with E-state index >= 15 is 0 Å². The van der Waals surface area contributed by atoms with Crippen LogP contribution < -0.4 is 0 Å². The summed E-state index contributed by atoms with van der Waals surface area (Å²) in [5.74, 6) is 1.91. The molecule has 10 aromatic rings. The number of fused-ring (bicyclic) bond motifs is 6. The Labute approximate surface area is 337 Å². The minimum Gasteiger partial charge on any atom is -0.294 e. The summed E-state index contributed by atoms with van der Waals surface area (Å²) in [6.07, 6.45) is 1.89. The summed E-state index contributed by atoms with van der Waals surface area (Å²) >= 11 is 0. The molecule has 0 N–H and O–H groups in total. The third-order valence-corrected chi connectivity index (χ3v) is 11.7. The first-order valence-electron chi connectivity index (χ1n) is 19.7. The Bertz CT molecular complexity index is 3130. The second-order valence-corrected chi connectivity index (χ2v) is 15.4. The molecule has 0 atom stereocenters.